The van der Waals surface area contributed by atoms with Crippen LogP contribution in [0.25, 0.3) is 16.8 Å². The molecule has 1 aliphatic heterocycles. The molecule has 170 valence electrons. The number of imidazole rings is 1. The number of Topliss-reactive ketones (excluding diaryl/α,β-unsaturated/α-hetero) is 1. The van der Waals surface area contributed by atoms with Gasteiger partial charge in [-0.25, -0.2) is 4.98 Å². The van der Waals surface area contributed by atoms with E-state index in [-0.39, 0.29) is 17.3 Å². The number of aliphatic hydroxyl groups excluding tert-OH is 1. The molecule has 1 fully saturated rings. The number of nitrogens with one attached hydrogen (secondary N) is 1. The van der Waals surface area contributed by atoms with Crippen molar-refractivity contribution in [3.05, 3.63) is 77.9 Å². The number of aromatic nitrogens is 4. The number of H-pyrrole nitrogens is 1. The topological polar surface area (TPSA) is 131 Å². The van der Waals surface area contributed by atoms with E-state index in [9.17, 15) is 14.7 Å². The first-order chi connectivity index (χ1) is 16.5. The summed E-state index contributed by atoms with van der Waals surface area (Å²) >= 11 is 0. The number of ketones is 1. The van der Waals surface area contributed by atoms with Crippen LogP contribution in [0, 0.1) is 0 Å². The van der Waals surface area contributed by atoms with Crippen molar-refractivity contribution in [2.75, 3.05) is 19.1 Å². The number of nitrogens with zero attached hydrogens (tertiary/aromatic N) is 4. The first-order valence-electron chi connectivity index (χ1n) is 10.3. The maximum Gasteiger partial charge on any atom is 0.302 e. The first kappa shape index (κ1) is 21.1. The van der Waals surface area contributed by atoms with Crippen LogP contribution < -0.4 is 14.4 Å². The van der Waals surface area contributed by atoms with E-state index in [2.05, 4.69) is 19.9 Å². The normalized spacial score (nSPS) is 17.4. The third-order valence-corrected chi connectivity index (χ3v) is 5.57. The molecule has 1 saturated heterocycles. The molecule has 0 saturated carbocycles. The number of anilines is 1. The Kier molecular flexibility index (Phi) is 5.17. The molecule has 3 aromatic heterocycles. The summed E-state index contributed by atoms with van der Waals surface area (Å²) in [5.41, 5.74) is 1.73. The van der Waals surface area contributed by atoms with Gasteiger partial charge in [-0.2, -0.15) is 0 Å². The zero-order valence-electron chi connectivity index (χ0n) is 18.2. The number of aliphatic hydroxyl groups is 1. The van der Waals surface area contributed by atoms with Crippen LogP contribution in [0.15, 0.2) is 66.6 Å². The number of rotatable bonds is 5. The molecule has 4 heterocycles. The van der Waals surface area contributed by atoms with Gasteiger partial charge in [-0.05, 0) is 24.3 Å². The molecule has 10 heteroatoms. The minimum absolute atomic E-state index is 0.0921. The number of ether oxygens (including phenoxy) is 2. The van der Waals surface area contributed by atoms with Crippen molar-refractivity contribution in [2.24, 2.45) is 0 Å². The van der Waals surface area contributed by atoms with Gasteiger partial charge >= 0.3 is 5.91 Å². The van der Waals surface area contributed by atoms with Gasteiger partial charge in [-0.3, -0.25) is 24.5 Å². The Morgan fingerprint density at radius 2 is 1.76 bits per heavy atom. The average molecular weight is 457 g/mol. The fourth-order valence-corrected chi connectivity index (χ4v) is 3.97. The minimum Gasteiger partial charge on any atom is -0.507 e. The van der Waals surface area contributed by atoms with Crippen molar-refractivity contribution in [2.45, 2.75) is 6.04 Å². The molecule has 1 aromatic carbocycles. The van der Waals surface area contributed by atoms with Crippen LogP contribution in [-0.4, -0.2) is 51.0 Å². The summed E-state index contributed by atoms with van der Waals surface area (Å²) in [7, 11) is 3.02. The zero-order valence-corrected chi connectivity index (χ0v) is 18.2. The van der Waals surface area contributed by atoms with E-state index < -0.39 is 17.7 Å². The lowest BCUT2D eigenvalue weighted by atomic mass is 9.99. The molecule has 1 atom stereocenters. The quantitative estimate of drug-likeness (QED) is 0.266. The highest BCUT2D eigenvalue weighted by molar-refractivity contribution is 6.51. The summed E-state index contributed by atoms with van der Waals surface area (Å²) in [5, 5.41) is 11.0. The predicted molar refractivity (Wildman–Crippen MR) is 122 cm³/mol. The van der Waals surface area contributed by atoms with E-state index in [4.69, 9.17) is 9.47 Å². The monoisotopic (exact) mass is 457 g/mol. The molecule has 10 nitrogen and oxygen atoms in total. The summed E-state index contributed by atoms with van der Waals surface area (Å²) in [5.74, 6) is -0.944. The second-order valence-corrected chi connectivity index (χ2v) is 7.44. The van der Waals surface area contributed by atoms with Crippen LogP contribution in [-0.2, 0) is 9.59 Å². The lowest BCUT2D eigenvalue weighted by Gasteiger charge is -2.22. The fraction of sp³-hybridized carbons (Fsp3) is 0.125. The Morgan fingerprint density at radius 1 is 1.03 bits per heavy atom. The smallest absolute Gasteiger partial charge is 0.302 e. The molecule has 34 heavy (non-hydrogen) atoms. The van der Waals surface area contributed by atoms with Gasteiger partial charge in [-0.15, -0.1) is 0 Å². The van der Waals surface area contributed by atoms with Crippen LogP contribution in [0.3, 0.4) is 0 Å². The van der Waals surface area contributed by atoms with Gasteiger partial charge in [0.25, 0.3) is 5.78 Å². The molecule has 0 bridgehead atoms. The van der Waals surface area contributed by atoms with Gasteiger partial charge in [0.2, 0.25) is 5.95 Å². The van der Waals surface area contributed by atoms with E-state index in [1.807, 2.05) is 0 Å². The van der Waals surface area contributed by atoms with Crippen molar-refractivity contribution in [3.8, 4) is 11.5 Å². The van der Waals surface area contributed by atoms with Crippen molar-refractivity contribution < 1.29 is 24.2 Å². The number of hydrogen-bond acceptors (Lipinski definition) is 8. The number of carbonyl (C=O) groups is 2. The number of fused-ring (bicyclic) bond motifs is 1. The number of pyridine rings is 2. The van der Waals surface area contributed by atoms with Crippen molar-refractivity contribution in [1.29, 1.82) is 0 Å². The summed E-state index contributed by atoms with van der Waals surface area (Å²) < 4.78 is 10.7. The van der Waals surface area contributed by atoms with E-state index >= 15 is 0 Å². The van der Waals surface area contributed by atoms with Crippen molar-refractivity contribution >= 4 is 34.4 Å². The second kappa shape index (κ2) is 8.32. The van der Waals surface area contributed by atoms with Gasteiger partial charge in [0.05, 0.1) is 36.5 Å². The van der Waals surface area contributed by atoms with Gasteiger partial charge in [0, 0.05) is 36.3 Å². The molecule has 0 aliphatic carbocycles. The molecular formula is C24H19N5O5. The molecule has 1 unspecified atom stereocenters. The van der Waals surface area contributed by atoms with Gasteiger partial charge in [0.1, 0.15) is 11.8 Å². The second-order valence-electron chi connectivity index (χ2n) is 7.44. The molecular weight excluding hydrogens is 438 g/mol. The Bertz CT molecular complexity index is 1390. The first-order valence-corrected chi connectivity index (χ1v) is 10.3. The van der Waals surface area contributed by atoms with Gasteiger partial charge in [0.15, 0.2) is 11.5 Å². The molecule has 0 radical (unpaired) electrons. The number of benzene rings is 1. The van der Waals surface area contributed by atoms with Crippen LogP contribution in [0.5, 0.6) is 11.5 Å². The average Bonchev–Trinajstić information content (AvgIpc) is 3.41. The molecule has 1 aliphatic rings. The summed E-state index contributed by atoms with van der Waals surface area (Å²) in [6, 6.07) is 10.6. The van der Waals surface area contributed by atoms with Crippen LogP contribution in [0.1, 0.15) is 17.3 Å². The Labute approximate surface area is 193 Å². The highest BCUT2D eigenvalue weighted by Crippen LogP contribution is 2.41. The number of aromatic amines is 1. The van der Waals surface area contributed by atoms with Gasteiger partial charge < -0.3 is 19.6 Å². The standard InChI is InChI=1S/C24H19N5O5/c1-33-17-11-15-16(12-18(17)34-2)28-24(27-15)29-20(14-5-3-4-8-26-14)19(22(31)23(29)32)21(30)13-6-9-25-10-7-13/h3-12,20,30H,1-2H3,(H,27,28)/b21-19+. The molecule has 2 N–H and O–H groups in total. The molecule has 5 rings (SSSR count). The Balaban J connectivity index is 1.71. The van der Waals surface area contributed by atoms with Crippen LogP contribution >= 0.6 is 0 Å². The highest BCUT2D eigenvalue weighted by atomic mass is 16.5. The van der Waals surface area contributed by atoms with Crippen LogP contribution in [0.2, 0.25) is 0 Å². The number of amides is 1. The lowest BCUT2D eigenvalue weighted by molar-refractivity contribution is -0.132. The highest BCUT2D eigenvalue weighted by Gasteiger charge is 2.48. The van der Waals surface area contributed by atoms with Gasteiger partial charge in [-0.1, -0.05) is 6.07 Å². The molecule has 0 spiro atoms. The maximum atomic E-state index is 13.2. The predicted octanol–water partition coefficient (Wildman–Crippen LogP) is 3.00. The lowest BCUT2D eigenvalue weighted by Crippen LogP contribution is -2.30. The maximum absolute atomic E-state index is 13.2. The molecule has 1 amide bonds. The number of methoxy groups -OCH3 is 2. The van der Waals surface area contributed by atoms with Crippen molar-refractivity contribution in [1.82, 2.24) is 19.9 Å². The fourth-order valence-electron chi connectivity index (χ4n) is 3.97. The Hall–Kier alpha value is -4.73. The molecule has 4 aromatic rings. The Morgan fingerprint density at radius 3 is 2.44 bits per heavy atom. The third kappa shape index (κ3) is 3.32. The summed E-state index contributed by atoms with van der Waals surface area (Å²) in [6.45, 7) is 0. The number of hydrogen-bond donors (Lipinski definition) is 2. The van der Waals surface area contributed by atoms with E-state index in [0.717, 1.165) is 0 Å². The van der Waals surface area contributed by atoms with Crippen molar-refractivity contribution in [3.63, 3.8) is 0 Å². The van der Waals surface area contributed by atoms with E-state index in [1.54, 1.807) is 48.7 Å². The van der Waals surface area contributed by atoms with E-state index in [1.165, 1.54) is 31.5 Å². The third-order valence-electron chi connectivity index (χ3n) is 5.57. The zero-order chi connectivity index (χ0) is 23.8. The van der Waals surface area contributed by atoms with Crippen LogP contribution in [0.4, 0.5) is 5.95 Å². The SMILES string of the molecule is COc1cc2nc(N3C(=O)C(=O)/C(=C(/O)c4ccncc4)C3c3ccccn3)[nH]c2cc1OC. The minimum atomic E-state index is -1.00. The summed E-state index contributed by atoms with van der Waals surface area (Å²) in [4.78, 5) is 43.5. The van der Waals surface area contributed by atoms with E-state index in [0.29, 0.717) is 33.8 Å². The summed E-state index contributed by atoms with van der Waals surface area (Å²) in [6.07, 6.45) is 4.53. The largest absolute Gasteiger partial charge is 0.507 e. The number of carbonyl (C=O) groups excluding carboxylic acids is 2.